The van der Waals surface area contributed by atoms with Gasteiger partial charge in [-0.15, -0.1) is 0 Å². The number of thioether (sulfide) groups is 1. The van der Waals surface area contributed by atoms with Gasteiger partial charge in [-0.05, 0) is 5.75 Å². The SMILES string of the molecule is CCSCCC1=NC(O)=C(C(=O)O)CN1N. The molecule has 0 amide bonds. The van der Waals surface area contributed by atoms with Crippen molar-refractivity contribution in [3.63, 3.8) is 0 Å². The van der Waals surface area contributed by atoms with Gasteiger partial charge in [0, 0.05) is 12.2 Å². The molecule has 1 aliphatic heterocycles. The van der Waals surface area contributed by atoms with Crippen molar-refractivity contribution in [2.45, 2.75) is 13.3 Å². The standard InChI is InChI=1S/C9H15N3O3S/c1-2-16-4-3-7-11-8(13)6(9(14)15)5-12(7)10/h13H,2-5,10H2,1H3,(H,14,15). The summed E-state index contributed by atoms with van der Waals surface area (Å²) in [6.45, 7) is 2.03. The first-order valence-corrected chi connectivity index (χ1v) is 6.04. The number of aliphatic imine (C=N–C) groups is 1. The molecule has 0 aromatic heterocycles. The molecule has 0 aliphatic carbocycles. The lowest BCUT2D eigenvalue weighted by molar-refractivity contribution is -0.133. The normalized spacial score (nSPS) is 16.4. The predicted molar refractivity (Wildman–Crippen MR) is 63.2 cm³/mol. The summed E-state index contributed by atoms with van der Waals surface area (Å²) in [6, 6.07) is 0. The van der Waals surface area contributed by atoms with E-state index in [0.717, 1.165) is 11.5 Å². The Morgan fingerprint density at radius 2 is 2.38 bits per heavy atom. The molecule has 16 heavy (non-hydrogen) atoms. The van der Waals surface area contributed by atoms with Crippen molar-refractivity contribution in [3.8, 4) is 0 Å². The molecule has 0 fully saturated rings. The quantitative estimate of drug-likeness (QED) is 0.484. The van der Waals surface area contributed by atoms with Crippen molar-refractivity contribution in [2.75, 3.05) is 18.1 Å². The maximum Gasteiger partial charge on any atom is 0.338 e. The van der Waals surface area contributed by atoms with Gasteiger partial charge in [-0.1, -0.05) is 6.92 Å². The molecule has 6 nitrogen and oxygen atoms in total. The van der Waals surface area contributed by atoms with Gasteiger partial charge in [-0.3, -0.25) is 5.01 Å². The van der Waals surface area contributed by atoms with Crippen LogP contribution in [-0.4, -0.2) is 45.1 Å². The van der Waals surface area contributed by atoms with E-state index in [0.29, 0.717) is 12.3 Å². The van der Waals surface area contributed by atoms with E-state index in [1.807, 2.05) is 6.92 Å². The Balaban J connectivity index is 2.71. The molecule has 1 heterocycles. The van der Waals surface area contributed by atoms with E-state index >= 15 is 0 Å². The number of hydrogen-bond donors (Lipinski definition) is 3. The zero-order valence-corrected chi connectivity index (χ0v) is 9.83. The van der Waals surface area contributed by atoms with E-state index in [9.17, 15) is 9.90 Å². The summed E-state index contributed by atoms with van der Waals surface area (Å²) in [5, 5.41) is 19.4. The molecule has 0 saturated heterocycles. The minimum atomic E-state index is -1.20. The lowest BCUT2D eigenvalue weighted by atomic mass is 10.2. The highest BCUT2D eigenvalue weighted by Gasteiger charge is 2.23. The minimum absolute atomic E-state index is 0.0171. The average Bonchev–Trinajstić information content (AvgIpc) is 2.22. The molecule has 0 unspecified atom stereocenters. The molecule has 0 bridgehead atoms. The molecule has 4 N–H and O–H groups in total. The number of aliphatic hydroxyl groups excluding tert-OH is 1. The Morgan fingerprint density at radius 3 is 2.94 bits per heavy atom. The summed E-state index contributed by atoms with van der Waals surface area (Å²) in [5.74, 6) is 6.36. The maximum atomic E-state index is 10.7. The zero-order valence-electron chi connectivity index (χ0n) is 9.01. The minimum Gasteiger partial charge on any atom is -0.493 e. The van der Waals surface area contributed by atoms with Crippen LogP contribution in [-0.2, 0) is 4.79 Å². The molecule has 90 valence electrons. The highest BCUT2D eigenvalue weighted by Crippen LogP contribution is 2.14. The number of aliphatic carboxylic acids is 1. The number of carboxylic acids is 1. The van der Waals surface area contributed by atoms with Gasteiger partial charge in [-0.2, -0.15) is 16.8 Å². The van der Waals surface area contributed by atoms with Crippen LogP contribution < -0.4 is 5.84 Å². The largest absolute Gasteiger partial charge is 0.493 e. The molecule has 0 radical (unpaired) electrons. The Kier molecular flexibility index (Phi) is 4.63. The Morgan fingerprint density at radius 1 is 1.69 bits per heavy atom. The summed E-state index contributed by atoms with van der Waals surface area (Å²) < 4.78 is 0. The van der Waals surface area contributed by atoms with Crippen LogP contribution in [0.5, 0.6) is 0 Å². The number of hydrogen-bond acceptors (Lipinski definition) is 6. The average molecular weight is 245 g/mol. The fourth-order valence-corrected chi connectivity index (χ4v) is 1.87. The van der Waals surface area contributed by atoms with Gasteiger partial charge in [0.2, 0.25) is 5.88 Å². The smallest absolute Gasteiger partial charge is 0.338 e. The number of nitrogens with zero attached hydrogens (tertiary/aromatic N) is 2. The lowest BCUT2D eigenvalue weighted by Gasteiger charge is -2.24. The van der Waals surface area contributed by atoms with Crippen LogP contribution in [0.1, 0.15) is 13.3 Å². The molecule has 1 rings (SSSR count). The number of rotatable bonds is 5. The molecule has 0 aromatic rings. The molecule has 0 saturated carbocycles. The summed E-state index contributed by atoms with van der Waals surface area (Å²) >= 11 is 1.74. The van der Waals surface area contributed by atoms with Crippen LogP contribution >= 0.6 is 11.8 Å². The van der Waals surface area contributed by atoms with Crippen molar-refractivity contribution in [2.24, 2.45) is 10.8 Å². The summed E-state index contributed by atoms with van der Waals surface area (Å²) in [4.78, 5) is 14.5. The van der Waals surface area contributed by atoms with Gasteiger partial charge in [0.25, 0.3) is 0 Å². The van der Waals surface area contributed by atoms with Crippen LogP contribution in [0.15, 0.2) is 16.4 Å². The van der Waals surface area contributed by atoms with Crippen molar-refractivity contribution < 1.29 is 15.0 Å². The third kappa shape index (κ3) is 3.14. The van der Waals surface area contributed by atoms with E-state index in [-0.39, 0.29) is 12.1 Å². The number of carboxylic acid groups (broad SMARTS) is 1. The van der Waals surface area contributed by atoms with Gasteiger partial charge in [0.15, 0.2) is 0 Å². The van der Waals surface area contributed by atoms with E-state index in [1.54, 1.807) is 11.8 Å². The second-order valence-corrected chi connectivity index (χ2v) is 4.60. The Hall–Kier alpha value is -1.21. The summed E-state index contributed by atoms with van der Waals surface area (Å²) in [7, 11) is 0. The predicted octanol–water partition coefficient (Wildman–Crippen LogP) is 0.572. The van der Waals surface area contributed by atoms with Crippen molar-refractivity contribution >= 4 is 23.6 Å². The van der Waals surface area contributed by atoms with E-state index in [1.165, 1.54) is 5.01 Å². The maximum absolute atomic E-state index is 10.7. The number of hydrazine groups is 1. The number of nitrogens with two attached hydrogens (primary N) is 1. The first-order chi connectivity index (χ1) is 7.56. The van der Waals surface area contributed by atoms with Gasteiger partial charge >= 0.3 is 5.97 Å². The fraction of sp³-hybridized carbons (Fsp3) is 0.556. The van der Waals surface area contributed by atoms with Crippen LogP contribution in [0, 0.1) is 0 Å². The van der Waals surface area contributed by atoms with Gasteiger partial charge in [-0.25, -0.2) is 10.6 Å². The fourth-order valence-electron chi connectivity index (χ4n) is 1.26. The molecular formula is C9H15N3O3S. The van der Waals surface area contributed by atoms with Crippen LogP contribution in [0.3, 0.4) is 0 Å². The Labute approximate surface area is 97.8 Å². The number of aliphatic hydroxyl groups is 1. The van der Waals surface area contributed by atoms with Crippen molar-refractivity contribution in [1.29, 1.82) is 0 Å². The molecule has 0 spiro atoms. The van der Waals surface area contributed by atoms with E-state index < -0.39 is 11.9 Å². The van der Waals surface area contributed by atoms with Crippen LogP contribution in [0.25, 0.3) is 0 Å². The summed E-state index contributed by atoms with van der Waals surface area (Å²) in [5.41, 5.74) is -0.172. The number of carbonyl (C=O) groups is 1. The van der Waals surface area contributed by atoms with E-state index in [2.05, 4.69) is 4.99 Å². The summed E-state index contributed by atoms with van der Waals surface area (Å²) in [6.07, 6.45) is 0.617. The van der Waals surface area contributed by atoms with Crippen LogP contribution in [0.2, 0.25) is 0 Å². The van der Waals surface area contributed by atoms with Gasteiger partial charge < -0.3 is 10.2 Å². The second-order valence-electron chi connectivity index (χ2n) is 3.21. The van der Waals surface area contributed by atoms with Crippen molar-refractivity contribution in [3.05, 3.63) is 11.5 Å². The topological polar surface area (TPSA) is 99.1 Å². The van der Waals surface area contributed by atoms with Crippen LogP contribution in [0.4, 0.5) is 0 Å². The number of amidine groups is 1. The third-order valence-electron chi connectivity index (χ3n) is 2.10. The molecule has 1 aliphatic rings. The van der Waals surface area contributed by atoms with Crippen molar-refractivity contribution in [1.82, 2.24) is 5.01 Å². The monoisotopic (exact) mass is 245 g/mol. The third-order valence-corrected chi connectivity index (χ3v) is 3.00. The van der Waals surface area contributed by atoms with E-state index in [4.69, 9.17) is 10.9 Å². The second kappa shape index (κ2) is 5.76. The first kappa shape index (κ1) is 12.9. The molecule has 7 heteroatoms. The first-order valence-electron chi connectivity index (χ1n) is 4.89. The molecule has 0 atom stereocenters. The van der Waals surface area contributed by atoms with Gasteiger partial charge in [0.1, 0.15) is 11.4 Å². The zero-order chi connectivity index (χ0) is 12.1. The molecular weight excluding hydrogens is 230 g/mol. The highest BCUT2D eigenvalue weighted by molar-refractivity contribution is 7.99. The highest BCUT2D eigenvalue weighted by atomic mass is 32.2. The Bertz CT molecular complexity index is 341. The van der Waals surface area contributed by atoms with Gasteiger partial charge in [0.05, 0.1) is 6.54 Å². The lowest BCUT2D eigenvalue weighted by Crippen LogP contribution is -2.42. The molecule has 0 aromatic carbocycles.